The molecule has 1 atom stereocenters. The van der Waals surface area contributed by atoms with Gasteiger partial charge >= 0.3 is 0 Å². The number of nitrogens with two attached hydrogens (primary N) is 1. The standard InChI is InChI=1S/C23H28N4O/c24-16-8-11-25-21(14-16)27-12-9-23(10-13-27)15-19(18-6-1-2-7-20(18)23)22(28)26-17-4-3-5-17/h1-2,6-8,11,14,17,19H,3-5,9-10,12-13,15H2,(H2,24,25)(H,26,28)/t19-/m0/s1. The number of rotatable bonds is 3. The van der Waals surface area contributed by atoms with Crippen molar-refractivity contribution in [1.82, 2.24) is 10.3 Å². The van der Waals surface area contributed by atoms with E-state index in [1.807, 2.05) is 12.1 Å². The Balaban J connectivity index is 1.36. The molecule has 1 saturated carbocycles. The van der Waals surface area contributed by atoms with Crippen LogP contribution in [0.25, 0.3) is 0 Å². The molecule has 1 aromatic carbocycles. The molecule has 2 fully saturated rings. The minimum absolute atomic E-state index is 0.00570. The first-order valence-corrected chi connectivity index (χ1v) is 10.5. The number of carbonyl (C=O) groups is 1. The lowest BCUT2D eigenvalue weighted by atomic mass is 9.73. The highest BCUT2D eigenvalue weighted by Gasteiger charge is 2.47. The van der Waals surface area contributed by atoms with E-state index < -0.39 is 0 Å². The molecule has 146 valence electrons. The van der Waals surface area contributed by atoms with Crippen molar-refractivity contribution in [3.05, 3.63) is 53.7 Å². The third kappa shape index (κ3) is 2.93. The van der Waals surface area contributed by atoms with Gasteiger partial charge in [0.05, 0.1) is 5.92 Å². The Hall–Kier alpha value is -2.56. The molecule has 3 aliphatic rings. The van der Waals surface area contributed by atoms with Crippen LogP contribution >= 0.6 is 0 Å². The number of nitrogens with one attached hydrogen (secondary N) is 1. The summed E-state index contributed by atoms with van der Waals surface area (Å²) < 4.78 is 0. The van der Waals surface area contributed by atoms with Crippen LogP contribution in [-0.2, 0) is 10.2 Å². The fourth-order valence-corrected chi connectivity index (χ4v) is 5.23. The maximum Gasteiger partial charge on any atom is 0.227 e. The van der Waals surface area contributed by atoms with E-state index in [9.17, 15) is 4.79 Å². The van der Waals surface area contributed by atoms with Gasteiger partial charge in [-0.05, 0) is 55.7 Å². The Labute approximate surface area is 166 Å². The molecule has 1 spiro atoms. The van der Waals surface area contributed by atoms with Crippen LogP contribution in [0.2, 0.25) is 0 Å². The van der Waals surface area contributed by atoms with Crippen LogP contribution < -0.4 is 16.0 Å². The van der Waals surface area contributed by atoms with Gasteiger partial charge in [-0.1, -0.05) is 24.3 Å². The molecule has 1 aliphatic heterocycles. The lowest BCUT2D eigenvalue weighted by molar-refractivity contribution is -0.124. The predicted molar refractivity (Wildman–Crippen MR) is 111 cm³/mol. The fourth-order valence-electron chi connectivity index (χ4n) is 5.23. The SMILES string of the molecule is Nc1ccnc(N2CCC3(CC2)C[C@H](C(=O)NC2CCC2)c2ccccc23)c1. The fraction of sp³-hybridized carbons (Fsp3) is 0.478. The van der Waals surface area contributed by atoms with Crippen LogP contribution in [0.1, 0.15) is 55.6 Å². The van der Waals surface area contributed by atoms with E-state index in [0.717, 1.165) is 56.7 Å². The lowest BCUT2D eigenvalue weighted by Gasteiger charge is -2.41. The Morgan fingerprint density at radius 2 is 1.96 bits per heavy atom. The monoisotopic (exact) mass is 376 g/mol. The van der Waals surface area contributed by atoms with Gasteiger partial charge in [-0.2, -0.15) is 0 Å². The highest BCUT2D eigenvalue weighted by Crippen LogP contribution is 2.52. The molecular formula is C23H28N4O. The van der Waals surface area contributed by atoms with Crippen LogP contribution in [0.5, 0.6) is 0 Å². The number of amides is 1. The molecule has 1 aromatic heterocycles. The predicted octanol–water partition coefficient (Wildman–Crippen LogP) is 3.36. The van der Waals surface area contributed by atoms with Crippen LogP contribution in [0.15, 0.2) is 42.6 Å². The number of anilines is 2. The molecule has 0 unspecified atom stereocenters. The zero-order chi connectivity index (χ0) is 19.1. The zero-order valence-electron chi connectivity index (χ0n) is 16.2. The van der Waals surface area contributed by atoms with E-state index in [4.69, 9.17) is 5.73 Å². The summed E-state index contributed by atoms with van der Waals surface area (Å²) in [6.07, 6.45) is 8.32. The Kier molecular flexibility index (Phi) is 4.26. The summed E-state index contributed by atoms with van der Waals surface area (Å²) in [5.41, 5.74) is 9.44. The minimum atomic E-state index is -0.00570. The Morgan fingerprint density at radius 1 is 1.18 bits per heavy atom. The number of carbonyl (C=O) groups excluding carboxylic acids is 1. The molecule has 28 heavy (non-hydrogen) atoms. The number of pyridine rings is 1. The van der Waals surface area contributed by atoms with Crippen molar-refractivity contribution in [2.24, 2.45) is 0 Å². The summed E-state index contributed by atoms with van der Waals surface area (Å²) >= 11 is 0. The van der Waals surface area contributed by atoms with Crippen molar-refractivity contribution < 1.29 is 4.79 Å². The van der Waals surface area contributed by atoms with Crippen LogP contribution in [0.4, 0.5) is 11.5 Å². The van der Waals surface area contributed by atoms with Gasteiger partial charge in [0.2, 0.25) is 5.91 Å². The maximum absolute atomic E-state index is 13.0. The molecule has 1 saturated heterocycles. The number of fused-ring (bicyclic) bond motifs is 2. The quantitative estimate of drug-likeness (QED) is 0.862. The number of benzene rings is 1. The largest absolute Gasteiger partial charge is 0.399 e. The highest BCUT2D eigenvalue weighted by molar-refractivity contribution is 5.86. The van der Waals surface area contributed by atoms with Crippen LogP contribution in [0.3, 0.4) is 0 Å². The third-order valence-electron chi connectivity index (χ3n) is 7.08. The molecule has 5 heteroatoms. The van der Waals surface area contributed by atoms with Gasteiger partial charge in [-0.25, -0.2) is 4.98 Å². The van der Waals surface area contributed by atoms with Crippen molar-refractivity contribution in [2.75, 3.05) is 23.7 Å². The van der Waals surface area contributed by atoms with E-state index in [0.29, 0.717) is 6.04 Å². The summed E-state index contributed by atoms with van der Waals surface area (Å²) in [6, 6.07) is 12.8. The van der Waals surface area contributed by atoms with Crippen molar-refractivity contribution in [2.45, 2.75) is 55.9 Å². The molecule has 5 nitrogen and oxygen atoms in total. The second kappa shape index (κ2) is 6.80. The normalized spacial score (nSPS) is 23.3. The van der Waals surface area contributed by atoms with E-state index in [1.54, 1.807) is 6.20 Å². The molecule has 2 aromatic rings. The average molecular weight is 377 g/mol. The van der Waals surface area contributed by atoms with Gasteiger partial charge in [0.25, 0.3) is 0 Å². The lowest BCUT2D eigenvalue weighted by Crippen LogP contribution is -2.44. The second-order valence-electron chi connectivity index (χ2n) is 8.70. The smallest absolute Gasteiger partial charge is 0.227 e. The van der Waals surface area contributed by atoms with Gasteiger partial charge in [0, 0.05) is 42.5 Å². The minimum Gasteiger partial charge on any atom is -0.399 e. The molecule has 3 N–H and O–H groups in total. The van der Waals surface area contributed by atoms with Crippen molar-refractivity contribution in [1.29, 1.82) is 0 Å². The average Bonchev–Trinajstić information content (AvgIpc) is 3.00. The topological polar surface area (TPSA) is 71.2 Å². The molecule has 2 aliphatic carbocycles. The summed E-state index contributed by atoms with van der Waals surface area (Å²) in [4.78, 5) is 19.8. The van der Waals surface area contributed by atoms with Gasteiger partial charge < -0.3 is 16.0 Å². The molecule has 5 rings (SSSR count). The van der Waals surface area contributed by atoms with Gasteiger partial charge in [0.1, 0.15) is 5.82 Å². The summed E-state index contributed by atoms with van der Waals surface area (Å²) in [5.74, 6) is 1.18. The first-order valence-electron chi connectivity index (χ1n) is 10.5. The molecule has 1 amide bonds. The summed E-state index contributed by atoms with van der Waals surface area (Å²) in [5, 5.41) is 3.29. The first-order chi connectivity index (χ1) is 13.6. The summed E-state index contributed by atoms with van der Waals surface area (Å²) in [7, 11) is 0. The van der Waals surface area contributed by atoms with Crippen LogP contribution in [-0.4, -0.2) is 30.0 Å². The third-order valence-corrected chi connectivity index (χ3v) is 7.08. The molecule has 0 radical (unpaired) electrons. The van der Waals surface area contributed by atoms with E-state index >= 15 is 0 Å². The zero-order valence-corrected chi connectivity index (χ0v) is 16.2. The van der Waals surface area contributed by atoms with E-state index in [2.05, 4.69) is 39.5 Å². The Morgan fingerprint density at radius 3 is 2.68 bits per heavy atom. The van der Waals surface area contributed by atoms with Gasteiger partial charge in [-0.3, -0.25) is 4.79 Å². The Bertz CT molecular complexity index is 884. The summed E-state index contributed by atoms with van der Waals surface area (Å²) in [6.45, 7) is 1.89. The van der Waals surface area contributed by atoms with Crippen molar-refractivity contribution in [3.8, 4) is 0 Å². The highest BCUT2D eigenvalue weighted by atomic mass is 16.2. The number of hydrogen-bond acceptors (Lipinski definition) is 4. The van der Waals surface area contributed by atoms with Gasteiger partial charge in [0.15, 0.2) is 0 Å². The number of aromatic nitrogens is 1. The van der Waals surface area contributed by atoms with Crippen LogP contribution in [0, 0.1) is 0 Å². The van der Waals surface area contributed by atoms with E-state index in [1.165, 1.54) is 17.5 Å². The maximum atomic E-state index is 13.0. The number of nitrogen functional groups attached to an aromatic ring is 1. The second-order valence-corrected chi connectivity index (χ2v) is 8.70. The first kappa shape index (κ1) is 17.5. The number of piperidine rings is 1. The number of hydrogen-bond donors (Lipinski definition) is 2. The van der Waals surface area contributed by atoms with Gasteiger partial charge in [-0.15, -0.1) is 0 Å². The molecule has 0 bridgehead atoms. The van der Waals surface area contributed by atoms with E-state index in [-0.39, 0.29) is 17.2 Å². The van der Waals surface area contributed by atoms with Crippen molar-refractivity contribution >= 4 is 17.4 Å². The number of nitrogens with zero attached hydrogens (tertiary/aromatic N) is 2. The molecule has 2 heterocycles. The molecular weight excluding hydrogens is 348 g/mol. The van der Waals surface area contributed by atoms with Crippen molar-refractivity contribution in [3.63, 3.8) is 0 Å².